The summed E-state index contributed by atoms with van der Waals surface area (Å²) in [5.41, 5.74) is 0.993. The van der Waals surface area contributed by atoms with Crippen molar-refractivity contribution < 1.29 is 9.53 Å². The predicted octanol–water partition coefficient (Wildman–Crippen LogP) is 0.942. The van der Waals surface area contributed by atoms with Gasteiger partial charge in [-0.1, -0.05) is 0 Å². The molecule has 0 amide bonds. The molecule has 1 unspecified atom stereocenters. The summed E-state index contributed by atoms with van der Waals surface area (Å²) in [5, 5.41) is 6.17. The fraction of sp³-hybridized carbons (Fsp3) is 0.636. The highest BCUT2D eigenvalue weighted by Gasteiger charge is 2.17. The number of nitrogens with zero attached hydrogens (tertiary/aromatic N) is 1. The Morgan fingerprint density at radius 1 is 1.75 bits per heavy atom. The first-order valence-corrected chi connectivity index (χ1v) is 6.36. The number of ketones is 1. The van der Waals surface area contributed by atoms with Crippen LogP contribution in [0.15, 0.2) is 5.38 Å². The summed E-state index contributed by atoms with van der Waals surface area (Å²) in [6.07, 6.45) is 0.995. The molecule has 88 valence electrons. The van der Waals surface area contributed by atoms with Gasteiger partial charge in [0.1, 0.15) is 10.8 Å². The molecule has 1 aliphatic rings. The van der Waals surface area contributed by atoms with Crippen molar-refractivity contribution in [1.29, 1.82) is 0 Å². The largest absolute Gasteiger partial charge is 0.379 e. The van der Waals surface area contributed by atoms with Gasteiger partial charge in [0.25, 0.3) is 0 Å². The lowest BCUT2D eigenvalue weighted by Crippen LogP contribution is -2.42. The SMILES string of the molecule is Cc1csc(CC(=O)CC2COCCN2)n1. The average molecular weight is 240 g/mol. The van der Waals surface area contributed by atoms with Crippen LogP contribution in [0.3, 0.4) is 0 Å². The molecule has 4 nitrogen and oxygen atoms in total. The molecule has 0 aliphatic carbocycles. The summed E-state index contributed by atoms with van der Waals surface area (Å²) in [5.74, 6) is 0.234. The average Bonchev–Trinajstić information content (AvgIpc) is 2.65. The van der Waals surface area contributed by atoms with E-state index < -0.39 is 0 Å². The highest BCUT2D eigenvalue weighted by Crippen LogP contribution is 2.11. The number of carbonyl (C=O) groups is 1. The molecule has 1 fully saturated rings. The van der Waals surface area contributed by atoms with Crippen LogP contribution in [-0.4, -0.2) is 36.6 Å². The van der Waals surface area contributed by atoms with E-state index in [1.807, 2.05) is 12.3 Å². The quantitative estimate of drug-likeness (QED) is 0.851. The molecule has 0 aromatic carbocycles. The fourth-order valence-electron chi connectivity index (χ4n) is 1.75. The van der Waals surface area contributed by atoms with Gasteiger partial charge in [0.15, 0.2) is 0 Å². The number of nitrogens with one attached hydrogen (secondary N) is 1. The molecule has 1 aromatic rings. The minimum Gasteiger partial charge on any atom is -0.379 e. The number of Topliss-reactive ketones (excluding diaryl/α,β-unsaturated/α-hetero) is 1. The first kappa shape index (κ1) is 11.7. The number of rotatable bonds is 4. The maximum atomic E-state index is 11.8. The van der Waals surface area contributed by atoms with Gasteiger partial charge in [-0.2, -0.15) is 0 Å². The van der Waals surface area contributed by atoms with E-state index in [2.05, 4.69) is 10.3 Å². The molecule has 1 atom stereocenters. The van der Waals surface area contributed by atoms with Crippen molar-refractivity contribution in [3.8, 4) is 0 Å². The first-order chi connectivity index (χ1) is 7.74. The number of morpholine rings is 1. The number of ether oxygens (including phenoxy) is 1. The second-order valence-electron chi connectivity index (χ2n) is 4.03. The third kappa shape index (κ3) is 3.37. The Kier molecular flexibility index (Phi) is 4.04. The molecule has 1 aliphatic heterocycles. The van der Waals surface area contributed by atoms with Gasteiger partial charge in [0.05, 0.1) is 19.6 Å². The van der Waals surface area contributed by atoms with Crippen molar-refractivity contribution in [1.82, 2.24) is 10.3 Å². The van der Waals surface area contributed by atoms with E-state index in [1.54, 1.807) is 11.3 Å². The molecule has 5 heteroatoms. The van der Waals surface area contributed by atoms with E-state index in [0.29, 0.717) is 19.4 Å². The molecule has 2 rings (SSSR count). The van der Waals surface area contributed by atoms with Gasteiger partial charge < -0.3 is 10.1 Å². The summed E-state index contributed by atoms with van der Waals surface area (Å²) in [6, 6.07) is 0.183. The number of aromatic nitrogens is 1. The van der Waals surface area contributed by atoms with Crippen molar-refractivity contribution >= 4 is 17.1 Å². The van der Waals surface area contributed by atoms with Crippen LogP contribution in [0.25, 0.3) is 0 Å². The van der Waals surface area contributed by atoms with Crippen LogP contribution in [0.1, 0.15) is 17.1 Å². The van der Waals surface area contributed by atoms with Crippen LogP contribution < -0.4 is 5.32 Å². The summed E-state index contributed by atoms with van der Waals surface area (Å²) in [4.78, 5) is 16.1. The predicted molar refractivity (Wildman–Crippen MR) is 62.8 cm³/mol. The van der Waals surface area contributed by atoms with E-state index in [4.69, 9.17) is 4.74 Å². The Hall–Kier alpha value is -0.780. The Morgan fingerprint density at radius 3 is 3.25 bits per heavy atom. The van der Waals surface area contributed by atoms with Crippen molar-refractivity contribution in [2.45, 2.75) is 25.8 Å². The van der Waals surface area contributed by atoms with Gasteiger partial charge in [-0.3, -0.25) is 4.79 Å². The number of carbonyl (C=O) groups excluding carboxylic acids is 1. The third-order valence-corrected chi connectivity index (χ3v) is 3.45. The van der Waals surface area contributed by atoms with E-state index in [-0.39, 0.29) is 11.8 Å². The molecule has 1 saturated heterocycles. The zero-order valence-electron chi connectivity index (χ0n) is 9.36. The lowest BCUT2D eigenvalue weighted by Gasteiger charge is -2.22. The third-order valence-electron chi connectivity index (χ3n) is 2.49. The van der Waals surface area contributed by atoms with Gasteiger partial charge in [0.2, 0.25) is 0 Å². The highest BCUT2D eigenvalue weighted by atomic mass is 32.1. The van der Waals surface area contributed by atoms with E-state index >= 15 is 0 Å². The van der Waals surface area contributed by atoms with E-state index in [9.17, 15) is 4.79 Å². The van der Waals surface area contributed by atoms with Crippen LogP contribution in [0.4, 0.5) is 0 Å². The zero-order chi connectivity index (χ0) is 11.4. The van der Waals surface area contributed by atoms with Crippen molar-refractivity contribution in [3.63, 3.8) is 0 Å². The van der Waals surface area contributed by atoms with Crippen LogP contribution >= 0.6 is 11.3 Å². The summed E-state index contributed by atoms with van der Waals surface area (Å²) in [6.45, 7) is 4.17. The normalized spacial score (nSPS) is 20.9. The molecule has 1 N–H and O–H groups in total. The standard InChI is InChI=1S/C11H16N2O2S/c1-8-7-16-11(13-8)5-10(14)4-9-6-15-3-2-12-9/h7,9,12H,2-6H2,1H3. The molecular formula is C11H16N2O2S. The fourth-order valence-corrected chi connectivity index (χ4v) is 2.55. The van der Waals surface area contributed by atoms with Crippen molar-refractivity contribution in [2.75, 3.05) is 19.8 Å². The van der Waals surface area contributed by atoms with Gasteiger partial charge >= 0.3 is 0 Å². The van der Waals surface area contributed by atoms with Crippen LogP contribution in [0.2, 0.25) is 0 Å². The second kappa shape index (κ2) is 5.52. The molecule has 0 spiro atoms. The summed E-state index contributed by atoms with van der Waals surface area (Å²) >= 11 is 1.56. The minimum atomic E-state index is 0.183. The van der Waals surface area contributed by atoms with Gasteiger partial charge in [-0.15, -0.1) is 11.3 Å². The maximum absolute atomic E-state index is 11.8. The molecular weight excluding hydrogens is 224 g/mol. The van der Waals surface area contributed by atoms with Crippen LogP contribution in [0, 0.1) is 6.92 Å². The monoisotopic (exact) mass is 240 g/mol. The lowest BCUT2D eigenvalue weighted by molar-refractivity contribution is -0.119. The number of hydrogen-bond donors (Lipinski definition) is 1. The van der Waals surface area contributed by atoms with E-state index in [1.165, 1.54) is 0 Å². The summed E-state index contributed by atoms with van der Waals surface area (Å²) in [7, 11) is 0. The highest BCUT2D eigenvalue weighted by molar-refractivity contribution is 7.09. The Labute approximate surface area is 99.0 Å². The molecule has 2 heterocycles. The Morgan fingerprint density at radius 2 is 2.62 bits per heavy atom. The molecule has 1 aromatic heterocycles. The van der Waals surface area contributed by atoms with Crippen LogP contribution in [0.5, 0.6) is 0 Å². The second-order valence-corrected chi connectivity index (χ2v) is 4.97. The molecule has 0 saturated carbocycles. The van der Waals surface area contributed by atoms with Crippen molar-refractivity contribution in [2.24, 2.45) is 0 Å². The first-order valence-electron chi connectivity index (χ1n) is 5.48. The number of hydrogen-bond acceptors (Lipinski definition) is 5. The molecule has 0 bridgehead atoms. The Bertz CT molecular complexity index is 359. The van der Waals surface area contributed by atoms with Gasteiger partial charge in [-0.25, -0.2) is 4.98 Å². The van der Waals surface area contributed by atoms with Crippen molar-refractivity contribution in [3.05, 3.63) is 16.1 Å². The lowest BCUT2D eigenvalue weighted by atomic mass is 10.1. The maximum Gasteiger partial charge on any atom is 0.141 e. The number of aryl methyl sites for hydroxylation is 1. The minimum absolute atomic E-state index is 0.183. The van der Waals surface area contributed by atoms with Crippen LogP contribution in [-0.2, 0) is 16.0 Å². The van der Waals surface area contributed by atoms with Gasteiger partial charge in [0, 0.05) is 30.1 Å². The number of thiazole rings is 1. The molecule has 0 radical (unpaired) electrons. The topological polar surface area (TPSA) is 51.2 Å². The summed E-state index contributed by atoms with van der Waals surface area (Å²) < 4.78 is 5.31. The Balaban J connectivity index is 1.79. The van der Waals surface area contributed by atoms with E-state index in [0.717, 1.165) is 23.9 Å². The smallest absolute Gasteiger partial charge is 0.141 e. The zero-order valence-corrected chi connectivity index (χ0v) is 10.2. The van der Waals surface area contributed by atoms with Gasteiger partial charge in [-0.05, 0) is 6.92 Å². The molecule has 16 heavy (non-hydrogen) atoms.